The van der Waals surface area contributed by atoms with Crippen molar-refractivity contribution in [1.82, 2.24) is 38.8 Å². The summed E-state index contributed by atoms with van der Waals surface area (Å²) in [6.07, 6.45) is 5.65. The molecule has 0 saturated heterocycles. The maximum atomic E-state index is 14.3. The van der Waals surface area contributed by atoms with Gasteiger partial charge in [0.15, 0.2) is 5.82 Å². The van der Waals surface area contributed by atoms with Crippen molar-refractivity contribution in [2.24, 2.45) is 7.05 Å². The van der Waals surface area contributed by atoms with Gasteiger partial charge >= 0.3 is 6.09 Å². The number of amides is 1. The Balaban J connectivity index is 1.51. The normalized spacial score (nSPS) is 15.2. The van der Waals surface area contributed by atoms with E-state index in [2.05, 4.69) is 10.2 Å². The Morgan fingerprint density at radius 2 is 1.88 bits per heavy atom. The summed E-state index contributed by atoms with van der Waals surface area (Å²) in [5.74, 6) is 1.16. The molecule has 1 amide bonds. The standard InChI is InChI=1S/C30H32N8O3/c1-19-13-23-24(17-36(19)29(40)41-30(2,3)4)38-27(22(16-33-38)14-20-9-7-6-8-10-20)37(28(23)39)25-12-11-21(15-31-25)26-34-32-18-35(26)5/h6-12,15-16,18-19H,13-14,17H2,1-5H3. The number of aryl methyl sites for hydroxylation is 1. The Morgan fingerprint density at radius 1 is 1.10 bits per heavy atom. The highest BCUT2D eigenvalue weighted by Gasteiger charge is 2.35. The van der Waals surface area contributed by atoms with Crippen molar-refractivity contribution in [1.29, 1.82) is 0 Å². The van der Waals surface area contributed by atoms with Gasteiger partial charge in [0.25, 0.3) is 5.56 Å². The lowest BCUT2D eigenvalue weighted by Crippen LogP contribution is -2.48. The maximum absolute atomic E-state index is 14.3. The molecule has 4 aromatic heterocycles. The van der Waals surface area contributed by atoms with E-state index >= 15 is 0 Å². The number of hydrogen-bond donors (Lipinski definition) is 0. The third kappa shape index (κ3) is 4.88. The third-order valence-electron chi connectivity index (χ3n) is 7.26. The lowest BCUT2D eigenvalue weighted by atomic mass is 9.99. The van der Waals surface area contributed by atoms with Gasteiger partial charge in [-0.3, -0.25) is 9.69 Å². The molecule has 11 nitrogen and oxygen atoms in total. The van der Waals surface area contributed by atoms with Gasteiger partial charge in [0, 0.05) is 48.8 Å². The van der Waals surface area contributed by atoms with Crippen LogP contribution in [0, 0.1) is 0 Å². The molecule has 0 saturated carbocycles. The number of pyridine rings is 1. The summed E-state index contributed by atoms with van der Waals surface area (Å²) in [5, 5.41) is 12.9. The van der Waals surface area contributed by atoms with E-state index in [4.69, 9.17) is 14.8 Å². The minimum absolute atomic E-state index is 0.170. The molecular weight excluding hydrogens is 520 g/mol. The van der Waals surface area contributed by atoms with Gasteiger partial charge in [0.2, 0.25) is 0 Å². The van der Waals surface area contributed by atoms with Crippen LogP contribution in [-0.2, 0) is 31.2 Å². The Morgan fingerprint density at radius 3 is 2.54 bits per heavy atom. The second-order valence-corrected chi connectivity index (χ2v) is 11.5. The molecule has 0 spiro atoms. The third-order valence-corrected chi connectivity index (χ3v) is 7.26. The van der Waals surface area contributed by atoms with Crippen LogP contribution in [0.2, 0.25) is 0 Å². The molecule has 1 aliphatic rings. The molecule has 1 unspecified atom stereocenters. The van der Waals surface area contributed by atoms with Gasteiger partial charge < -0.3 is 9.30 Å². The fourth-order valence-corrected chi connectivity index (χ4v) is 5.30. The highest BCUT2D eigenvalue weighted by atomic mass is 16.6. The minimum Gasteiger partial charge on any atom is -0.444 e. The van der Waals surface area contributed by atoms with Crippen molar-refractivity contribution in [3.8, 4) is 17.2 Å². The average Bonchev–Trinajstić information content (AvgIpc) is 3.55. The molecular formula is C30H32N8O3. The summed E-state index contributed by atoms with van der Waals surface area (Å²) in [7, 11) is 1.87. The topological polar surface area (TPSA) is 112 Å². The van der Waals surface area contributed by atoms with E-state index in [0.29, 0.717) is 41.4 Å². The van der Waals surface area contributed by atoms with E-state index in [0.717, 1.165) is 16.7 Å². The number of carbonyl (C=O) groups excluding carboxylic acids is 1. The Hall–Kier alpha value is -4.80. The number of nitrogens with zero attached hydrogens (tertiary/aromatic N) is 8. The van der Waals surface area contributed by atoms with Crippen molar-refractivity contribution < 1.29 is 9.53 Å². The molecule has 0 fully saturated rings. The zero-order chi connectivity index (χ0) is 28.9. The fraction of sp³-hybridized carbons (Fsp3) is 0.333. The number of hydrogen-bond acceptors (Lipinski definition) is 7. The van der Waals surface area contributed by atoms with E-state index in [9.17, 15) is 9.59 Å². The lowest BCUT2D eigenvalue weighted by molar-refractivity contribution is 0.0131. The lowest BCUT2D eigenvalue weighted by Gasteiger charge is -2.36. The largest absolute Gasteiger partial charge is 0.444 e. The average molecular weight is 553 g/mol. The highest BCUT2D eigenvalue weighted by Crippen LogP contribution is 2.27. The van der Waals surface area contributed by atoms with Gasteiger partial charge in [-0.05, 0) is 45.4 Å². The van der Waals surface area contributed by atoms with Crippen LogP contribution < -0.4 is 5.56 Å². The quantitative estimate of drug-likeness (QED) is 0.332. The molecule has 1 aliphatic heterocycles. The second-order valence-electron chi connectivity index (χ2n) is 11.5. The summed E-state index contributed by atoms with van der Waals surface area (Å²) >= 11 is 0. The predicted octanol–water partition coefficient (Wildman–Crippen LogP) is 3.95. The molecule has 41 heavy (non-hydrogen) atoms. The number of fused-ring (bicyclic) bond motifs is 3. The predicted molar refractivity (Wildman–Crippen MR) is 153 cm³/mol. The molecule has 1 atom stereocenters. The summed E-state index contributed by atoms with van der Waals surface area (Å²) in [6.45, 7) is 7.67. The van der Waals surface area contributed by atoms with Gasteiger partial charge in [0.1, 0.15) is 23.4 Å². The molecule has 11 heteroatoms. The molecule has 0 N–H and O–H groups in total. The van der Waals surface area contributed by atoms with Gasteiger partial charge in [-0.25, -0.2) is 18.9 Å². The van der Waals surface area contributed by atoms with Crippen LogP contribution in [0.4, 0.5) is 4.79 Å². The number of benzene rings is 1. The van der Waals surface area contributed by atoms with Crippen LogP contribution in [0.25, 0.3) is 22.9 Å². The Bertz CT molecular complexity index is 1800. The van der Waals surface area contributed by atoms with Crippen LogP contribution >= 0.6 is 0 Å². The smallest absolute Gasteiger partial charge is 0.410 e. The van der Waals surface area contributed by atoms with Gasteiger partial charge in [-0.2, -0.15) is 5.10 Å². The van der Waals surface area contributed by atoms with Crippen molar-refractivity contribution in [2.75, 3.05) is 0 Å². The zero-order valence-corrected chi connectivity index (χ0v) is 23.8. The highest BCUT2D eigenvalue weighted by molar-refractivity contribution is 5.69. The molecule has 5 aromatic rings. The number of rotatable bonds is 4. The number of ether oxygens (including phenoxy) is 1. The SMILES string of the molecule is CC1Cc2c(n3ncc(Cc4ccccc4)c3n(-c3ccc(-c4nncn4C)cn3)c2=O)CN1C(=O)OC(C)(C)C. The molecule has 1 aromatic carbocycles. The Labute approximate surface area is 237 Å². The van der Waals surface area contributed by atoms with Crippen molar-refractivity contribution in [2.45, 2.75) is 58.7 Å². The van der Waals surface area contributed by atoms with Crippen LogP contribution in [0.15, 0.2) is 66.0 Å². The van der Waals surface area contributed by atoms with Crippen LogP contribution in [0.5, 0.6) is 0 Å². The first-order valence-electron chi connectivity index (χ1n) is 13.6. The monoisotopic (exact) mass is 552 g/mol. The molecule has 5 heterocycles. The first-order valence-corrected chi connectivity index (χ1v) is 13.6. The van der Waals surface area contributed by atoms with Gasteiger partial charge in [-0.1, -0.05) is 30.3 Å². The van der Waals surface area contributed by atoms with E-state index in [-0.39, 0.29) is 18.1 Å². The first-order chi connectivity index (χ1) is 19.6. The number of carbonyl (C=O) groups is 1. The van der Waals surface area contributed by atoms with E-state index < -0.39 is 11.7 Å². The minimum atomic E-state index is -0.632. The Kier molecular flexibility index (Phi) is 6.44. The summed E-state index contributed by atoms with van der Waals surface area (Å²) in [5.41, 5.74) is 3.86. The van der Waals surface area contributed by atoms with Crippen molar-refractivity contribution in [3.63, 3.8) is 0 Å². The molecule has 0 radical (unpaired) electrons. The van der Waals surface area contributed by atoms with Crippen molar-refractivity contribution in [3.05, 3.63) is 93.9 Å². The summed E-state index contributed by atoms with van der Waals surface area (Å²) < 4.78 is 10.9. The van der Waals surface area contributed by atoms with E-state index in [1.54, 1.807) is 32.7 Å². The van der Waals surface area contributed by atoms with Gasteiger partial charge in [-0.15, -0.1) is 10.2 Å². The second kappa shape index (κ2) is 9.99. The van der Waals surface area contributed by atoms with E-state index in [1.165, 1.54) is 0 Å². The zero-order valence-electron chi connectivity index (χ0n) is 23.8. The maximum Gasteiger partial charge on any atom is 0.410 e. The number of aromatic nitrogens is 7. The van der Waals surface area contributed by atoms with Crippen LogP contribution in [0.1, 0.15) is 50.1 Å². The fourth-order valence-electron chi connectivity index (χ4n) is 5.30. The molecule has 0 aliphatic carbocycles. The first kappa shape index (κ1) is 26.4. The molecule has 6 rings (SSSR count). The molecule has 0 bridgehead atoms. The van der Waals surface area contributed by atoms with Crippen molar-refractivity contribution >= 4 is 11.7 Å². The summed E-state index contributed by atoms with van der Waals surface area (Å²) in [4.78, 5) is 33.7. The molecule has 210 valence electrons. The van der Waals surface area contributed by atoms with Crippen LogP contribution in [0.3, 0.4) is 0 Å². The summed E-state index contributed by atoms with van der Waals surface area (Å²) in [6, 6.07) is 13.5. The van der Waals surface area contributed by atoms with Crippen LogP contribution in [-0.4, -0.2) is 56.6 Å². The van der Waals surface area contributed by atoms with Gasteiger partial charge in [0.05, 0.1) is 18.4 Å². The van der Waals surface area contributed by atoms with E-state index in [1.807, 2.05) is 81.8 Å².